The Kier molecular flexibility index (Phi) is 4.63. The zero-order valence-corrected chi connectivity index (χ0v) is 11.9. The summed E-state index contributed by atoms with van der Waals surface area (Å²) in [5.74, 6) is 2.22. The van der Waals surface area contributed by atoms with E-state index in [0.29, 0.717) is 5.88 Å². The van der Waals surface area contributed by atoms with Gasteiger partial charge >= 0.3 is 0 Å². The molecule has 100 valence electrons. The zero-order valence-electron chi connectivity index (χ0n) is 11.1. The SMILES string of the molecule is COc1ccccc1CN(C)c1cccc(CCl)n1. The van der Waals surface area contributed by atoms with Crippen LogP contribution in [0.5, 0.6) is 5.75 Å². The Morgan fingerprint density at radius 1 is 1.16 bits per heavy atom. The average Bonchev–Trinajstić information content (AvgIpc) is 2.47. The molecule has 0 aliphatic rings. The molecule has 2 rings (SSSR count). The molecule has 0 radical (unpaired) electrons. The number of methoxy groups -OCH3 is 1. The molecule has 1 heterocycles. The second-order valence-corrected chi connectivity index (χ2v) is 4.56. The number of pyridine rings is 1. The quantitative estimate of drug-likeness (QED) is 0.782. The zero-order chi connectivity index (χ0) is 13.7. The van der Waals surface area contributed by atoms with Crippen LogP contribution >= 0.6 is 11.6 Å². The Morgan fingerprint density at radius 2 is 1.95 bits per heavy atom. The lowest BCUT2D eigenvalue weighted by molar-refractivity contribution is 0.409. The number of anilines is 1. The molecule has 0 spiro atoms. The lowest BCUT2D eigenvalue weighted by atomic mass is 10.2. The van der Waals surface area contributed by atoms with E-state index in [4.69, 9.17) is 16.3 Å². The maximum atomic E-state index is 5.81. The summed E-state index contributed by atoms with van der Waals surface area (Å²) in [5.41, 5.74) is 2.01. The van der Waals surface area contributed by atoms with Crippen LogP contribution in [0.3, 0.4) is 0 Å². The summed E-state index contributed by atoms with van der Waals surface area (Å²) in [4.78, 5) is 6.57. The first kappa shape index (κ1) is 13.7. The van der Waals surface area contributed by atoms with Crippen molar-refractivity contribution < 1.29 is 4.74 Å². The standard InChI is InChI=1S/C15H17ClN2O/c1-18(15-9-5-7-13(10-16)17-15)11-12-6-3-4-8-14(12)19-2/h3-9H,10-11H2,1-2H3. The highest BCUT2D eigenvalue weighted by atomic mass is 35.5. The van der Waals surface area contributed by atoms with Crippen molar-refractivity contribution in [3.8, 4) is 5.75 Å². The summed E-state index contributed by atoms with van der Waals surface area (Å²) in [6.45, 7) is 0.739. The van der Waals surface area contributed by atoms with Crippen LogP contribution < -0.4 is 9.64 Å². The second-order valence-electron chi connectivity index (χ2n) is 4.29. The van der Waals surface area contributed by atoms with Crippen LogP contribution in [0.1, 0.15) is 11.3 Å². The van der Waals surface area contributed by atoms with Crippen LogP contribution in [0.15, 0.2) is 42.5 Å². The predicted octanol–water partition coefficient (Wildman–Crippen LogP) is 3.47. The van der Waals surface area contributed by atoms with Crippen molar-refractivity contribution in [3.63, 3.8) is 0 Å². The number of benzene rings is 1. The Morgan fingerprint density at radius 3 is 2.68 bits per heavy atom. The first-order valence-corrected chi connectivity index (χ1v) is 6.63. The van der Waals surface area contributed by atoms with Crippen LogP contribution in [0.25, 0.3) is 0 Å². The van der Waals surface area contributed by atoms with E-state index >= 15 is 0 Å². The lowest BCUT2D eigenvalue weighted by Gasteiger charge is -2.20. The third-order valence-electron chi connectivity index (χ3n) is 2.92. The largest absolute Gasteiger partial charge is 0.496 e. The monoisotopic (exact) mass is 276 g/mol. The molecule has 1 aromatic heterocycles. The molecule has 0 aliphatic carbocycles. The topological polar surface area (TPSA) is 25.4 Å². The molecule has 0 N–H and O–H groups in total. The predicted molar refractivity (Wildman–Crippen MR) is 78.9 cm³/mol. The highest BCUT2D eigenvalue weighted by Crippen LogP contribution is 2.21. The summed E-state index contributed by atoms with van der Waals surface area (Å²) >= 11 is 5.81. The van der Waals surface area contributed by atoms with Gasteiger partial charge in [0, 0.05) is 19.2 Å². The number of alkyl halides is 1. The number of para-hydroxylation sites is 1. The van der Waals surface area contributed by atoms with Crippen LogP contribution in [-0.2, 0) is 12.4 Å². The van der Waals surface area contributed by atoms with Crippen molar-refractivity contribution in [1.82, 2.24) is 4.98 Å². The molecular formula is C15H17ClN2O. The van der Waals surface area contributed by atoms with E-state index in [1.807, 2.05) is 43.4 Å². The van der Waals surface area contributed by atoms with Gasteiger partial charge < -0.3 is 9.64 Å². The molecule has 0 saturated carbocycles. The summed E-state index contributed by atoms with van der Waals surface area (Å²) < 4.78 is 5.36. The van der Waals surface area contributed by atoms with E-state index in [1.54, 1.807) is 7.11 Å². The molecule has 0 unspecified atom stereocenters. The first-order valence-electron chi connectivity index (χ1n) is 6.09. The Balaban J connectivity index is 2.18. The first-order chi connectivity index (χ1) is 9.24. The van der Waals surface area contributed by atoms with Crippen molar-refractivity contribution in [2.45, 2.75) is 12.4 Å². The fourth-order valence-corrected chi connectivity index (χ4v) is 2.07. The minimum absolute atomic E-state index is 0.427. The van der Waals surface area contributed by atoms with Crippen molar-refractivity contribution >= 4 is 17.4 Å². The number of hydrogen-bond acceptors (Lipinski definition) is 3. The summed E-state index contributed by atoms with van der Waals surface area (Å²) in [6.07, 6.45) is 0. The molecule has 19 heavy (non-hydrogen) atoms. The molecule has 0 saturated heterocycles. The molecule has 0 atom stereocenters. The minimum atomic E-state index is 0.427. The third-order valence-corrected chi connectivity index (χ3v) is 3.19. The van der Waals surface area contributed by atoms with Crippen molar-refractivity contribution in [2.75, 3.05) is 19.1 Å². The van der Waals surface area contributed by atoms with Crippen LogP contribution in [0, 0.1) is 0 Å². The fourth-order valence-electron chi connectivity index (χ4n) is 1.92. The summed E-state index contributed by atoms with van der Waals surface area (Å²) in [6, 6.07) is 13.9. The maximum absolute atomic E-state index is 5.81. The molecule has 4 heteroatoms. The average molecular weight is 277 g/mol. The van der Waals surface area contributed by atoms with Gasteiger partial charge in [0.1, 0.15) is 11.6 Å². The van der Waals surface area contributed by atoms with E-state index in [1.165, 1.54) is 0 Å². The van der Waals surface area contributed by atoms with Crippen LogP contribution in [0.2, 0.25) is 0 Å². The number of halogens is 1. The van der Waals surface area contributed by atoms with Gasteiger partial charge in [0.15, 0.2) is 0 Å². The summed E-state index contributed by atoms with van der Waals surface area (Å²) in [7, 11) is 3.69. The molecule has 0 bridgehead atoms. The van der Waals surface area contributed by atoms with Gasteiger partial charge in [-0.05, 0) is 18.2 Å². The summed E-state index contributed by atoms with van der Waals surface area (Å²) in [5, 5.41) is 0. The number of nitrogens with zero attached hydrogens (tertiary/aromatic N) is 2. The van der Waals surface area contributed by atoms with Crippen molar-refractivity contribution in [2.24, 2.45) is 0 Å². The van der Waals surface area contributed by atoms with Gasteiger partial charge in [-0.1, -0.05) is 24.3 Å². The molecule has 0 fully saturated rings. The minimum Gasteiger partial charge on any atom is -0.496 e. The maximum Gasteiger partial charge on any atom is 0.128 e. The normalized spacial score (nSPS) is 10.3. The highest BCUT2D eigenvalue weighted by Gasteiger charge is 2.08. The fraction of sp³-hybridized carbons (Fsp3) is 0.267. The Bertz CT molecular complexity index is 545. The van der Waals surface area contributed by atoms with Crippen LogP contribution in [-0.4, -0.2) is 19.1 Å². The number of hydrogen-bond donors (Lipinski definition) is 0. The second kappa shape index (κ2) is 6.43. The van der Waals surface area contributed by atoms with Crippen LogP contribution in [0.4, 0.5) is 5.82 Å². The highest BCUT2D eigenvalue weighted by molar-refractivity contribution is 6.16. The lowest BCUT2D eigenvalue weighted by Crippen LogP contribution is -2.18. The number of aromatic nitrogens is 1. The molecule has 0 amide bonds. The number of ether oxygens (including phenoxy) is 1. The Labute approximate surface area is 118 Å². The molecule has 1 aromatic carbocycles. The number of rotatable bonds is 5. The van der Waals surface area contributed by atoms with E-state index in [2.05, 4.69) is 16.0 Å². The van der Waals surface area contributed by atoms with Gasteiger partial charge in [0.05, 0.1) is 18.7 Å². The molecule has 0 aliphatic heterocycles. The smallest absolute Gasteiger partial charge is 0.128 e. The Hall–Kier alpha value is -1.74. The van der Waals surface area contributed by atoms with Crippen molar-refractivity contribution in [3.05, 3.63) is 53.7 Å². The third kappa shape index (κ3) is 3.38. The van der Waals surface area contributed by atoms with Crippen molar-refractivity contribution in [1.29, 1.82) is 0 Å². The van der Waals surface area contributed by atoms with E-state index in [0.717, 1.165) is 29.4 Å². The van der Waals surface area contributed by atoms with Gasteiger partial charge in [0.2, 0.25) is 0 Å². The van der Waals surface area contributed by atoms with E-state index < -0.39 is 0 Å². The van der Waals surface area contributed by atoms with Gasteiger partial charge in [0.25, 0.3) is 0 Å². The van der Waals surface area contributed by atoms with Gasteiger partial charge in [-0.25, -0.2) is 4.98 Å². The van der Waals surface area contributed by atoms with E-state index in [9.17, 15) is 0 Å². The van der Waals surface area contributed by atoms with Gasteiger partial charge in [-0.2, -0.15) is 0 Å². The van der Waals surface area contributed by atoms with E-state index in [-0.39, 0.29) is 0 Å². The molecule has 2 aromatic rings. The molecule has 3 nitrogen and oxygen atoms in total. The van der Waals surface area contributed by atoms with Gasteiger partial charge in [-0.3, -0.25) is 0 Å². The molecular weight excluding hydrogens is 260 g/mol. The van der Waals surface area contributed by atoms with Gasteiger partial charge in [-0.15, -0.1) is 11.6 Å².